The number of ether oxygens (including phenoxy) is 7. The summed E-state index contributed by atoms with van der Waals surface area (Å²) in [7, 11) is 5.46. The van der Waals surface area contributed by atoms with Crippen molar-refractivity contribution in [2.45, 2.75) is 141 Å². The molecule has 338 valence electrons. The number of aliphatic hydroxyl groups excluding tert-OH is 1. The van der Waals surface area contributed by atoms with Crippen molar-refractivity contribution in [2.24, 2.45) is 28.8 Å². The van der Waals surface area contributed by atoms with Crippen molar-refractivity contribution in [3.63, 3.8) is 0 Å². The van der Waals surface area contributed by atoms with Crippen LogP contribution in [-0.4, -0.2) is 116 Å². The fourth-order valence-corrected chi connectivity index (χ4v) is 9.57. The predicted octanol–water partition coefficient (Wildman–Crippen LogP) is 8.09. The molecule has 0 unspecified atom stereocenters. The van der Waals surface area contributed by atoms with Crippen molar-refractivity contribution < 1.29 is 52.7 Å². The van der Waals surface area contributed by atoms with E-state index in [0.29, 0.717) is 30.0 Å². The number of hydrogen-bond donors (Lipinski definition) is 1. The fraction of sp³-hybridized carbons (Fsp3) is 0.638. The van der Waals surface area contributed by atoms with Gasteiger partial charge in [0.25, 0.3) is 0 Å². The van der Waals surface area contributed by atoms with E-state index >= 15 is 0 Å². The number of carbonyl (C=O) groups excluding carboxylic acids is 2. The summed E-state index contributed by atoms with van der Waals surface area (Å²) in [4.78, 5) is 35.7. The molecule has 14 heteroatoms. The number of nitrogens with zero attached hydrogens (tertiary/aromatic N) is 2. The van der Waals surface area contributed by atoms with E-state index in [2.05, 4.69) is 0 Å². The lowest BCUT2D eigenvalue weighted by Crippen LogP contribution is -2.60. The number of halogens is 1. The Hall–Kier alpha value is -3.56. The van der Waals surface area contributed by atoms with Gasteiger partial charge in [0, 0.05) is 41.5 Å². The molecular formula is C47H67ClN2O11. The zero-order chi connectivity index (χ0) is 44.6. The monoisotopic (exact) mass is 870 g/mol. The van der Waals surface area contributed by atoms with Gasteiger partial charge in [-0.05, 0) is 72.7 Å². The van der Waals surface area contributed by atoms with Crippen LogP contribution < -0.4 is 0 Å². The minimum atomic E-state index is -1.39. The fourth-order valence-electron chi connectivity index (χ4n) is 9.38. The lowest BCUT2D eigenvalue weighted by atomic mass is 9.73. The number of benzene rings is 2. The maximum Gasteiger partial charge on any atom is 0.509 e. The molecule has 0 aliphatic carbocycles. The first-order chi connectivity index (χ1) is 28.9. The lowest BCUT2D eigenvalue weighted by molar-refractivity contribution is -0.302. The highest BCUT2D eigenvalue weighted by atomic mass is 35.5. The molecule has 0 saturated carbocycles. The largest absolute Gasteiger partial charge is 0.509 e. The second kappa shape index (κ2) is 21.2. The van der Waals surface area contributed by atoms with E-state index in [0.717, 1.165) is 11.1 Å². The van der Waals surface area contributed by atoms with E-state index < -0.39 is 83.8 Å². The Bertz CT molecular complexity index is 1810. The number of cyclic esters (lactones) is 1. The van der Waals surface area contributed by atoms with Gasteiger partial charge in [-0.1, -0.05) is 105 Å². The van der Waals surface area contributed by atoms with Crippen LogP contribution >= 0.6 is 11.6 Å². The van der Waals surface area contributed by atoms with Gasteiger partial charge >= 0.3 is 12.1 Å². The Morgan fingerprint density at radius 1 is 0.984 bits per heavy atom. The standard InChI is InChI=1S/C47H67ClN2O11/c1-12-37-47(8)42(60-45(53)61-47)30(4)38(49-56-27-34-22-16-17-23-35(34)48)28(2)26-46(7,54-11)41(59-44-39(51)36(50(9)10)25-29(3)57-44)31(5)40(32(6)43(52)58-37)55-24-18-21-33-19-14-13-15-20-33/h13-23,28-32,36-37,39-42,44,51H,12,24-27H2,1-11H3/b21-18+,49-38+/t28-,29-,30+,31+,32-,36+,37-,39-,40+,41-,42-,44+,46-,47-/m1/s1. The Kier molecular flexibility index (Phi) is 16.9. The molecular weight excluding hydrogens is 804 g/mol. The molecule has 2 aromatic carbocycles. The van der Waals surface area contributed by atoms with Gasteiger partial charge in [0.1, 0.15) is 18.8 Å². The average Bonchev–Trinajstić information content (AvgIpc) is 3.55. The number of likely N-dealkylation sites (N-methyl/N-ethyl adjacent to an activating group) is 1. The smallest absolute Gasteiger partial charge is 0.458 e. The molecule has 1 N–H and O–H groups in total. The number of hydrogen-bond acceptors (Lipinski definition) is 13. The summed E-state index contributed by atoms with van der Waals surface area (Å²) in [6.45, 7) is 15.4. The molecule has 3 heterocycles. The van der Waals surface area contributed by atoms with Crippen LogP contribution in [0.4, 0.5) is 4.79 Å². The third-order valence-corrected chi connectivity index (χ3v) is 13.2. The minimum Gasteiger partial charge on any atom is -0.458 e. The summed E-state index contributed by atoms with van der Waals surface area (Å²) in [5.74, 6) is -2.96. The Labute approximate surface area is 366 Å². The van der Waals surface area contributed by atoms with E-state index in [9.17, 15) is 14.7 Å². The summed E-state index contributed by atoms with van der Waals surface area (Å²) in [5, 5.41) is 17.1. The number of rotatable bonds is 12. The average molecular weight is 872 g/mol. The van der Waals surface area contributed by atoms with Crippen LogP contribution in [0.1, 0.15) is 85.8 Å². The first-order valence-corrected chi connectivity index (χ1v) is 21.9. The third-order valence-electron chi connectivity index (χ3n) is 12.8. The Morgan fingerprint density at radius 3 is 2.33 bits per heavy atom. The zero-order valence-electron chi connectivity index (χ0n) is 37.6. The first kappa shape index (κ1) is 48.5. The zero-order valence-corrected chi connectivity index (χ0v) is 38.4. The van der Waals surface area contributed by atoms with Crippen molar-refractivity contribution in [3.8, 4) is 0 Å². The van der Waals surface area contributed by atoms with Gasteiger partial charge in [0.2, 0.25) is 0 Å². The Morgan fingerprint density at radius 2 is 1.67 bits per heavy atom. The van der Waals surface area contributed by atoms with Crippen LogP contribution in [0.15, 0.2) is 65.8 Å². The molecule has 0 radical (unpaired) electrons. The van der Waals surface area contributed by atoms with E-state index in [1.165, 1.54) is 0 Å². The molecule has 13 nitrogen and oxygen atoms in total. The second-order valence-electron chi connectivity index (χ2n) is 17.6. The lowest BCUT2D eigenvalue weighted by Gasteiger charge is -2.48. The van der Waals surface area contributed by atoms with E-state index in [4.69, 9.17) is 54.8 Å². The number of carbonyl (C=O) groups is 2. The topological polar surface area (TPSA) is 144 Å². The van der Waals surface area contributed by atoms with Gasteiger partial charge in [0.05, 0.1) is 42.1 Å². The molecule has 3 aliphatic rings. The number of fused-ring (bicyclic) bond motifs is 1. The summed E-state index contributed by atoms with van der Waals surface area (Å²) in [5.41, 5.74) is -0.229. The first-order valence-electron chi connectivity index (χ1n) is 21.5. The summed E-state index contributed by atoms with van der Waals surface area (Å²) in [6, 6.07) is 17.0. The SMILES string of the molecule is CC[C@H]1OC(=O)[C@H](C)[C@@H](OC/C=C/c2ccccc2)[C@H](C)[C@@H](O[C@@H]2O[C@H](C)C[C@H](N(C)C)[C@H]2O)[C@](C)(OC)C[C@@H](C)/C(=N\OCc2ccccc2Cl)[C@H](C)[C@H]2OC(=O)O[C@@]21C. The van der Waals surface area contributed by atoms with Crippen molar-refractivity contribution in [3.05, 3.63) is 76.8 Å². The Balaban J connectivity index is 1.63. The molecule has 5 rings (SSSR count). The van der Waals surface area contributed by atoms with Crippen molar-refractivity contribution >= 4 is 35.5 Å². The van der Waals surface area contributed by atoms with Gasteiger partial charge in [-0.3, -0.25) is 4.79 Å². The van der Waals surface area contributed by atoms with Crippen LogP contribution in [-0.2, 0) is 49.4 Å². The van der Waals surface area contributed by atoms with Crippen LogP contribution in [0.3, 0.4) is 0 Å². The molecule has 3 fully saturated rings. The van der Waals surface area contributed by atoms with Crippen LogP contribution in [0.25, 0.3) is 6.08 Å². The van der Waals surface area contributed by atoms with Crippen molar-refractivity contribution in [1.82, 2.24) is 4.90 Å². The number of oxime groups is 1. The van der Waals surface area contributed by atoms with E-state index in [-0.39, 0.29) is 25.4 Å². The van der Waals surface area contributed by atoms with Crippen LogP contribution in [0.5, 0.6) is 0 Å². The number of aliphatic hydroxyl groups is 1. The maximum atomic E-state index is 14.5. The molecule has 0 aromatic heterocycles. The summed E-state index contributed by atoms with van der Waals surface area (Å²) >= 11 is 6.49. The molecule has 0 amide bonds. The highest BCUT2D eigenvalue weighted by Gasteiger charge is 2.59. The molecule has 14 atom stereocenters. The van der Waals surface area contributed by atoms with Crippen LogP contribution in [0, 0.1) is 23.7 Å². The number of methoxy groups -OCH3 is 1. The molecule has 0 spiro atoms. The van der Waals surface area contributed by atoms with E-state index in [1.807, 2.05) is 121 Å². The second-order valence-corrected chi connectivity index (χ2v) is 18.0. The third kappa shape index (κ3) is 11.3. The molecule has 2 aromatic rings. The number of esters is 1. The van der Waals surface area contributed by atoms with Gasteiger partial charge in [-0.25, -0.2) is 4.79 Å². The molecule has 0 bridgehead atoms. The summed E-state index contributed by atoms with van der Waals surface area (Å²) in [6.07, 6.45) is -1.52. The van der Waals surface area contributed by atoms with Crippen molar-refractivity contribution in [1.29, 1.82) is 0 Å². The molecule has 61 heavy (non-hydrogen) atoms. The van der Waals surface area contributed by atoms with Crippen molar-refractivity contribution in [2.75, 3.05) is 27.8 Å². The highest BCUT2D eigenvalue weighted by Crippen LogP contribution is 2.43. The quantitative estimate of drug-likeness (QED) is 0.163. The van der Waals surface area contributed by atoms with Gasteiger partial charge < -0.3 is 48.0 Å². The van der Waals surface area contributed by atoms with Gasteiger partial charge in [-0.15, -0.1) is 0 Å². The molecule has 3 aliphatic heterocycles. The summed E-state index contributed by atoms with van der Waals surface area (Å²) < 4.78 is 44.8. The van der Waals surface area contributed by atoms with E-state index in [1.54, 1.807) is 27.0 Å². The van der Waals surface area contributed by atoms with Gasteiger partial charge in [-0.2, -0.15) is 0 Å². The highest BCUT2D eigenvalue weighted by molar-refractivity contribution is 6.31. The van der Waals surface area contributed by atoms with Crippen LogP contribution in [0.2, 0.25) is 5.02 Å². The maximum absolute atomic E-state index is 14.5. The molecule has 3 saturated heterocycles. The normalized spacial score (nSPS) is 37.2. The minimum absolute atomic E-state index is 0.0815. The van der Waals surface area contributed by atoms with Gasteiger partial charge in [0.15, 0.2) is 18.0 Å². The predicted molar refractivity (Wildman–Crippen MR) is 233 cm³/mol.